The van der Waals surface area contributed by atoms with Gasteiger partial charge in [-0.1, -0.05) is 0 Å². The average Bonchev–Trinajstić information content (AvgIpc) is 2.32. The maximum absolute atomic E-state index is 9.41. The summed E-state index contributed by atoms with van der Waals surface area (Å²) in [4.78, 5) is 0. The smallest absolute Gasteiger partial charge is 0.0704 e. The Hall–Kier alpha value is -0.870. The van der Waals surface area contributed by atoms with E-state index in [-0.39, 0.29) is 0 Å². The van der Waals surface area contributed by atoms with Crippen LogP contribution >= 0.6 is 0 Å². The first-order chi connectivity index (χ1) is 6.06. The van der Waals surface area contributed by atoms with Crippen molar-refractivity contribution in [1.82, 2.24) is 9.78 Å². The van der Waals surface area contributed by atoms with Gasteiger partial charge in [0.15, 0.2) is 0 Å². The van der Waals surface area contributed by atoms with Gasteiger partial charge in [-0.2, -0.15) is 5.10 Å². The summed E-state index contributed by atoms with van der Waals surface area (Å²) in [6.45, 7) is 4.25. The van der Waals surface area contributed by atoms with E-state index in [0.29, 0.717) is 13.0 Å². The van der Waals surface area contributed by atoms with Crippen LogP contribution in [-0.2, 0) is 13.5 Å². The van der Waals surface area contributed by atoms with Crippen molar-refractivity contribution in [2.45, 2.75) is 26.4 Å². The van der Waals surface area contributed by atoms with Crippen LogP contribution in [0.3, 0.4) is 0 Å². The van der Waals surface area contributed by atoms with Crippen molar-refractivity contribution >= 4 is 0 Å². The molecule has 1 rings (SSSR count). The molecule has 4 nitrogen and oxygen atoms in total. The van der Waals surface area contributed by atoms with Crippen LogP contribution < -0.4 is 5.73 Å². The molecule has 0 spiro atoms. The highest BCUT2D eigenvalue weighted by molar-refractivity contribution is 5.25. The lowest BCUT2D eigenvalue weighted by molar-refractivity contribution is 0.183. The molecule has 0 radical (unpaired) electrons. The number of nitrogens with zero attached hydrogens (tertiary/aromatic N) is 2. The number of nitrogens with two attached hydrogens (primary N) is 1. The Kier molecular flexibility index (Phi) is 3.06. The van der Waals surface area contributed by atoms with Crippen molar-refractivity contribution in [2.24, 2.45) is 12.8 Å². The van der Waals surface area contributed by atoms with Crippen LogP contribution in [0, 0.1) is 13.8 Å². The molecule has 0 aliphatic rings. The van der Waals surface area contributed by atoms with E-state index >= 15 is 0 Å². The van der Waals surface area contributed by atoms with Crippen LogP contribution in [-0.4, -0.2) is 27.5 Å². The Labute approximate surface area is 78.4 Å². The minimum absolute atomic E-state index is 0.299. The van der Waals surface area contributed by atoms with E-state index in [9.17, 15) is 5.11 Å². The van der Waals surface area contributed by atoms with Gasteiger partial charge in [0.2, 0.25) is 0 Å². The van der Waals surface area contributed by atoms with Crippen molar-refractivity contribution in [1.29, 1.82) is 0 Å². The molecule has 0 amide bonds. The molecule has 13 heavy (non-hydrogen) atoms. The van der Waals surface area contributed by atoms with E-state index in [2.05, 4.69) is 5.10 Å². The van der Waals surface area contributed by atoms with Crippen molar-refractivity contribution in [3.05, 3.63) is 17.0 Å². The fraction of sp³-hybridized carbons (Fsp3) is 0.667. The molecule has 0 aromatic carbocycles. The molecule has 0 aliphatic heterocycles. The first-order valence-corrected chi connectivity index (χ1v) is 4.43. The summed E-state index contributed by atoms with van der Waals surface area (Å²) in [6, 6.07) is 0. The van der Waals surface area contributed by atoms with E-state index in [1.54, 1.807) is 0 Å². The first kappa shape index (κ1) is 10.2. The Balaban J connectivity index is 2.87. The predicted molar refractivity (Wildman–Crippen MR) is 51.4 cm³/mol. The third-order valence-corrected chi connectivity index (χ3v) is 2.37. The zero-order valence-electron chi connectivity index (χ0n) is 8.41. The Morgan fingerprint density at radius 3 is 2.54 bits per heavy atom. The van der Waals surface area contributed by atoms with Gasteiger partial charge < -0.3 is 10.8 Å². The standard InChI is InChI=1S/C9H17N3O/c1-6-9(4-8(13)5-10)7(2)12(3)11-6/h8,13H,4-5,10H2,1-3H3. The number of hydrogen-bond donors (Lipinski definition) is 2. The lowest BCUT2D eigenvalue weighted by atomic mass is 10.1. The van der Waals surface area contributed by atoms with Gasteiger partial charge in [-0.25, -0.2) is 0 Å². The van der Waals surface area contributed by atoms with Crippen LogP contribution in [0.2, 0.25) is 0 Å². The molecule has 1 unspecified atom stereocenters. The molecule has 0 saturated carbocycles. The van der Waals surface area contributed by atoms with Gasteiger partial charge in [0.05, 0.1) is 11.8 Å². The highest BCUT2D eigenvalue weighted by Crippen LogP contribution is 2.13. The van der Waals surface area contributed by atoms with E-state index < -0.39 is 6.10 Å². The van der Waals surface area contributed by atoms with Gasteiger partial charge in [-0.3, -0.25) is 4.68 Å². The second kappa shape index (κ2) is 3.89. The maximum Gasteiger partial charge on any atom is 0.0704 e. The number of aliphatic hydroxyl groups is 1. The SMILES string of the molecule is Cc1nn(C)c(C)c1CC(O)CN. The number of aromatic nitrogens is 2. The quantitative estimate of drug-likeness (QED) is 0.687. The lowest BCUT2D eigenvalue weighted by Gasteiger charge is -2.07. The fourth-order valence-corrected chi connectivity index (χ4v) is 1.43. The lowest BCUT2D eigenvalue weighted by Crippen LogP contribution is -2.22. The molecule has 0 bridgehead atoms. The summed E-state index contributed by atoms with van der Waals surface area (Å²) in [5.74, 6) is 0. The molecule has 1 atom stereocenters. The second-order valence-electron chi connectivity index (χ2n) is 3.37. The van der Waals surface area contributed by atoms with Crippen LogP contribution in [0.1, 0.15) is 17.0 Å². The van der Waals surface area contributed by atoms with Gasteiger partial charge in [-0.05, 0) is 19.4 Å². The fourth-order valence-electron chi connectivity index (χ4n) is 1.43. The topological polar surface area (TPSA) is 64.1 Å². The number of rotatable bonds is 3. The molecule has 1 aromatic rings. The van der Waals surface area contributed by atoms with Crippen LogP contribution in [0.5, 0.6) is 0 Å². The van der Waals surface area contributed by atoms with Crippen molar-refractivity contribution in [3.63, 3.8) is 0 Å². The second-order valence-corrected chi connectivity index (χ2v) is 3.37. The summed E-state index contributed by atoms with van der Waals surface area (Å²) in [6.07, 6.45) is 0.142. The van der Waals surface area contributed by atoms with E-state index in [1.165, 1.54) is 0 Å². The number of aryl methyl sites for hydroxylation is 2. The third kappa shape index (κ3) is 2.08. The largest absolute Gasteiger partial charge is 0.391 e. The number of hydrogen-bond acceptors (Lipinski definition) is 3. The normalized spacial score (nSPS) is 13.3. The maximum atomic E-state index is 9.41. The van der Waals surface area contributed by atoms with Crippen molar-refractivity contribution in [2.75, 3.05) is 6.54 Å². The van der Waals surface area contributed by atoms with Crippen molar-refractivity contribution < 1.29 is 5.11 Å². The van der Waals surface area contributed by atoms with Crippen LogP contribution in [0.15, 0.2) is 0 Å². The third-order valence-electron chi connectivity index (χ3n) is 2.37. The summed E-state index contributed by atoms with van der Waals surface area (Å²) >= 11 is 0. The monoisotopic (exact) mass is 183 g/mol. The number of aliphatic hydroxyl groups excluding tert-OH is 1. The van der Waals surface area contributed by atoms with E-state index in [1.807, 2.05) is 25.6 Å². The van der Waals surface area contributed by atoms with Gasteiger partial charge in [0.1, 0.15) is 0 Å². The molecular weight excluding hydrogens is 166 g/mol. The highest BCUT2D eigenvalue weighted by atomic mass is 16.3. The molecule has 1 aromatic heterocycles. The summed E-state index contributed by atoms with van der Waals surface area (Å²) in [7, 11) is 1.90. The minimum atomic E-state index is -0.457. The molecule has 1 heterocycles. The predicted octanol–water partition coefficient (Wildman–Crippen LogP) is -0.101. The van der Waals surface area contributed by atoms with E-state index in [0.717, 1.165) is 17.0 Å². The molecule has 4 heteroatoms. The Bertz CT molecular complexity index is 293. The first-order valence-electron chi connectivity index (χ1n) is 4.43. The summed E-state index contributed by atoms with van der Waals surface area (Å²) in [5.41, 5.74) is 8.54. The van der Waals surface area contributed by atoms with Gasteiger partial charge in [0, 0.05) is 25.7 Å². The molecule has 74 valence electrons. The van der Waals surface area contributed by atoms with Gasteiger partial charge in [-0.15, -0.1) is 0 Å². The highest BCUT2D eigenvalue weighted by Gasteiger charge is 2.12. The van der Waals surface area contributed by atoms with E-state index in [4.69, 9.17) is 5.73 Å². The summed E-state index contributed by atoms with van der Waals surface area (Å²) < 4.78 is 1.83. The molecule has 0 saturated heterocycles. The van der Waals surface area contributed by atoms with Crippen molar-refractivity contribution in [3.8, 4) is 0 Å². The molecular formula is C9H17N3O. The summed E-state index contributed by atoms with van der Waals surface area (Å²) in [5, 5.41) is 13.7. The van der Waals surface area contributed by atoms with Gasteiger partial charge >= 0.3 is 0 Å². The molecule has 0 fully saturated rings. The molecule has 3 N–H and O–H groups in total. The Morgan fingerprint density at radius 1 is 1.54 bits per heavy atom. The minimum Gasteiger partial charge on any atom is -0.391 e. The van der Waals surface area contributed by atoms with Crippen LogP contribution in [0.4, 0.5) is 0 Å². The van der Waals surface area contributed by atoms with Crippen LogP contribution in [0.25, 0.3) is 0 Å². The zero-order valence-corrected chi connectivity index (χ0v) is 8.41. The Morgan fingerprint density at radius 2 is 2.15 bits per heavy atom. The molecule has 0 aliphatic carbocycles. The average molecular weight is 183 g/mol. The zero-order chi connectivity index (χ0) is 10.0. The van der Waals surface area contributed by atoms with Gasteiger partial charge in [0.25, 0.3) is 0 Å².